The van der Waals surface area contributed by atoms with Gasteiger partial charge in [0, 0.05) is 57.7 Å². The van der Waals surface area contributed by atoms with Gasteiger partial charge >= 0.3 is 0 Å². The molecule has 1 aromatic carbocycles. The minimum Gasteiger partial charge on any atom is -0.343 e. The number of aromatic nitrogens is 2. The summed E-state index contributed by atoms with van der Waals surface area (Å²) in [6.07, 6.45) is 6.79. The Kier molecular flexibility index (Phi) is 7.52. The third-order valence-electron chi connectivity index (χ3n) is 6.62. The van der Waals surface area contributed by atoms with E-state index in [0.29, 0.717) is 50.2 Å². The molecule has 4 rings (SSSR count). The third-order valence-corrected chi connectivity index (χ3v) is 6.62. The molecule has 32 heavy (non-hydrogen) atoms. The molecule has 0 spiro atoms. The van der Waals surface area contributed by atoms with Crippen LogP contribution in [0, 0.1) is 0 Å². The minimum atomic E-state index is 0.0787. The molecule has 0 bridgehead atoms. The molecular weight excluding hydrogens is 406 g/mol. The van der Waals surface area contributed by atoms with Crippen LogP contribution in [0.5, 0.6) is 0 Å². The van der Waals surface area contributed by atoms with Gasteiger partial charge in [-0.3, -0.25) is 14.5 Å². The maximum Gasteiger partial charge on any atom is 0.253 e. The van der Waals surface area contributed by atoms with Crippen molar-refractivity contribution in [1.29, 1.82) is 0 Å². The molecule has 2 aliphatic rings. The Morgan fingerprint density at radius 1 is 1.06 bits per heavy atom. The first kappa shape index (κ1) is 22.5. The van der Waals surface area contributed by atoms with Crippen molar-refractivity contribution in [2.75, 3.05) is 33.2 Å². The monoisotopic (exact) mass is 439 g/mol. The Morgan fingerprint density at radius 2 is 1.78 bits per heavy atom. The molecule has 1 saturated heterocycles. The molecule has 0 atom stereocenters. The van der Waals surface area contributed by atoms with Crippen molar-refractivity contribution in [3.8, 4) is 0 Å². The zero-order valence-corrected chi connectivity index (χ0v) is 18.9. The zero-order chi connectivity index (χ0) is 22.3. The van der Waals surface area contributed by atoms with Gasteiger partial charge in [-0.1, -0.05) is 42.6 Å². The predicted molar refractivity (Wildman–Crippen MR) is 120 cm³/mol. The number of carbonyl (C=O) groups is 2. The summed E-state index contributed by atoms with van der Waals surface area (Å²) < 4.78 is 5.38. The van der Waals surface area contributed by atoms with Gasteiger partial charge < -0.3 is 14.3 Å². The average Bonchev–Trinajstić information content (AvgIpc) is 3.30. The zero-order valence-electron chi connectivity index (χ0n) is 18.9. The molecule has 2 aromatic rings. The lowest BCUT2D eigenvalue weighted by atomic mass is 9.94. The summed E-state index contributed by atoms with van der Waals surface area (Å²) in [5.41, 5.74) is 0.729. The molecule has 2 fully saturated rings. The third kappa shape index (κ3) is 5.73. The van der Waals surface area contributed by atoms with E-state index in [1.54, 1.807) is 0 Å². The van der Waals surface area contributed by atoms with Crippen LogP contribution in [0.2, 0.25) is 0 Å². The standard InChI is InChI=1S/C24H33N5O3/c1-27(20-10-6-3-7-11-20)23(30)13-12-22-25-21(26-32-22)18-28-14-16-29(17-15-28)24(31)19-8-4-2-5-9-19/h2,4-5,8-9,20H,3,6-7,10-18H2,1H3. The molecule has 1 saturated carbocycles. The van der Waals surface area contributed by atoms with Gasteiger partial charge in [0.15, 0.2) is 5.82 Å². The van der Waals surface area contributed by atoms with Crippen molar-refractivity contribution in [3.63, 3.8) is 0 Å². The number of piperazine rings is 1. The van der Waals surface area contributed by atoms with Gasteiger partial charge in [-0.2, -0.15) is 4.98 Å². The highest BCUT2D eigenvalue weighted by Crippen LogP contribution is 2.22. The lowest BCUT2D eigenvalue weighted by Crippen LogP contribution is -2.48. The van der Waals surface area contributed by atoms with Crippen LogP contribution in [0.25, 0.3) is 0 Å². The molecule has 1 aliphatic heterocycles. The maximum absolute atomic E-state index is 12.6. The average molecular weight is 440 g/mol. The molecular formula is C24H33N5O3. The van der Waals surface area contributed by atoms with Crippen molar-refractivity contribution < 1.29 is 14.1 Å². The molecule has 1 aromatic heterocycles. The Morgan fingerprint density at radius 3 is 2.50 bits per heavy atom. The van der Waals surface area contributed by atoms with Crippen molar-refractivity contribution in [3.05, 3.63) is 47.6 Å². The fourth-order valence-corrected chi connectivity index (χ4v) is 4.59. The fraction of sp³-hybridized carbons (Fsp3) is 0.583. The number of benzene rings is 1. The lowest BCUT2D eigenvalue weighted by molar-refractivity contribution is -0.132. The molecule has 172 valence electrons. The van der Waals surface area contributed by atoms with Crippen molar-refractivity contribution in [2.24, 2.45) is 0 Å². The molecule has 8 nitrogen and oxygen atoms in total. The van der Waals surface area contributed by atoms with Crippen LogP contribution in [-0.4, -0.2) is 75.9 Å². The molecule has 8 heteroatoms. The van der Waals surface area contributed by atoms with E-state index in [1.807, 2.05) is 47.2 Å². The number of aryl methyl sites for hydroxylation is 1. The summed E-state index contributed by atoms with van der Waals surface area (Å²) in [7, 11) is 1.92. The summed E-state index contributed by atoms with van der Waals surface area (Å²) in [6.45, 7) is 3.49. The predicted octanol–water partition coefficient (Wildman–Crippen LogP) is 2.75. The largest absolute Gasteiger partial charge is 0.343 e. The SMILES string of the molecule is CN(C(=O)CCc1nc(CN2CCN(C(=O)c3ccccc3)CC2)no1)C1CCCCC1. The van der Waals surface area contributed by atoms with E-state index in [9.17, 15) is 9.59 Å². The van der Waals surface area contributed by atoms with Gasteiger partial charge in [0.25, 0.3) is 5.91 Å². The topological polar surface area (TPSA) is 82.8 Å². The van der Waals surface area contributed by atoms with E-state index < -0.39 is 0 Å². The normalized spacial score (nSPS) is 18.0. The first-order valence-corrected chi connectivity index (χ1v) is 11.7. The number of carbonyl (C=O) groups excluding carboxylic acids is 2. The summed E-state index contributed by atoms with van der Waals surface area (Å²) in [5, 5.41) is 4.09. The second-order valence-corrected chi connectivity index (χ2v) is 8.84. The smallest absolute Gasteiger partial charge is 0.253 e. The number of hydrogen-bond donors (Lipinski definition) is 0. The number of amides is 2. The van der Waals surface area contributed by atoms with E-state index in [2.05, 4.69) is 15.0 Å². The summed E-state index contributed by atoms with van der Waals surface area (Å²) >= 11 is 0. The van der Waals surface area contributed by atoms with Gasteiger partial charge in [-0.25, -0.2) is 0 Å². The molecule has 2 amide bonds. The maximum atomic E-state index is 12.6. The summed E-state index contributed by atoms with van der Waals surface area (Å²) in [6, 6.07) is 9.78. The van der Waals surface area contributed by atoms with Crippen LogP contribution in [0.3, 0.4) is 0 Å². The van der Waals surface area contributed by atoms with Crippen molar-refractivity contribution >= 4 is 11.8 Å². The van der Waals surface area contributed by atoms with E-state index in [0.717, 1.165) is 31.5 Å². The Hall–Kier alpha value is -2.74. The van der Waals surface area contributed by atoms with Crippen LogP contribution in [-0.2, 0) is 17.8 Å². The van der Waals surface area contributed by atoms with Crippen molar-refractivity contribution in [1.82, 2.24) is 24.8 Å². The minimum absolute atomic E-state index is 0.0787. The van der Waals surface area contributed by atoms with Gasteiger partial charge in [0.1, 0.15) is 0 Å². The van der Waals surface area contributed by atoms with Gasteiger partial charge in [0.2, 0.25) is 11.8 Å². The van der Waals surface area contributed by atoms with Crippen LogP contribution in [0.4, 0.5) is 0 Å². The molecule has 0 N–H and O–H groups in total. The van der Waals surface area contributed by atoms with E-state index in [-0.39, 0.29) is 11.8 Å². The molecule has 0 unspecified atom stereocenters. The first-order chi connectivity index (χ1) is 15.6. The van der Waals surface area contributed by atoms with Crippen LogP contribution < -0.4 is 0 Å². The first-order valence-electron chi connectivity index (χ1n) is 11.7. The highest BCUT2D eigenvalue weighted by atomic mass is 16.5. The molecule has 0 radical (unpaired) electrons. The van der Waals surface area contributed by atoms with Crippen LogP contribution in [0.15, 0.2) is 34.9 Å². The Balaban J connectivity index is 1.20. The van der Waals surface area contributed by atoms with E-state index in [4.69, 9.17) is 4.52 Å². The molecule has 1 aliphatic carbocycles. The van der Waals surface area contributed by atoms with Crippen LogP contribution in [0.1, 0.15) is 60.6 Å². The number of hydrogen-bond acceptors (Lipinski definition) is 6. The second-order valence-electron chi connectivity index (χ2n) is 8.84. The number of nitrogens with zero attached hydrogens (tertiary/aromatic N) is 5. The Labute approximate surface area is 189 Å². The molecule has 2 heterocycles. The van der Waals surface area contributed by atoms with Crippen LogP contribution >= 0.6 is 0 Å². The summed E-state index contributed by atoms with van der Waals surface area (Å²) in [5.74, 6) is 1.38. The van der Waals surface area contributed by atoms with E-state index in [1.165, 1.54) is 19.3 Å². The number of rotatable bonds is 7. The van der Waals surface area contributed by atoms with Gasteiger partial charge in [-0.05, 0) is 25.0 Å². The Bertz CT molecular complexity index is 886. The second kappa shape index (κ2) is 10.7. The fourth-order valence-electron chi connectivity index (χ4n) is 4.59. The van der Waals surface area contributed by atoms with Crippen molar-refractivity contribution in [2.45, 2.75) is 57.5 Å². The lowest BCUT2D eigenvalue weighted by Gasteiger charge is -2.34. The van der Waals surface area contributed by atoms with Gasteiger partial charge in [0.05, 0.1) is 6.54 Å². The highest BCUT2D eigenvalue weighted by Gasteiger charge is 2.24. The highest BCUT2D eigenvalue weighted by molar-refractivity contribution is 5.94. The van der Waals surface area contributed by atoms with Gasteiger partial charge in [-0.15, -0.1) is 0 Å². The quantitative estimate of drug-likeness (QED) is 0.660. The summed E-state index contributed by atoms with van der Waals surface area (Å²) in [4.78, 5) is 35.6. The van der Waals surface area contributed by atoms with E-state index >= 15 is 0 Å².